The highest BCUT2D eigenvalue weighted by Gasteiger charge is 2.07. The number of nitrogens with zero attached hydrogens (tertiary/aromatic N) is 2. The van der Waals surface area contributed by atoms with Crippen molar-refractivity contribution in [2.75, 3.05) is 12.8 Å². The minimum atomic E-state index is 0.192. The summed E-state index contributed by atoms with van der Waals surface area (Å²) >= 11 is 5.67. The maximum atomic E-state index is 5.67. The Bertz CT molecular complexity index is 517. The summed E-state index contributed by atoms with van der Waals surface area (Å²) in [7, 11) is 1.53. The lowest BCUT2D eigenvalue weighted by Crippen LogP contribution is -1.95. The van der Waals surface area contributed by atoms with Crippen LogP contribution in [0.25, 0.3) is 0 Å². The van der Waals surface area contributed by atoms with Gasteiger partial charge in [-0.2, -0.15) is 0 Å². The van der Waals surface area contributed by atoms with Crippen molar-refractivity contribution in [1.82, 2.24) is 9.97 Å². The van der Waals surface area contributed by atoms with Crippen LogP contribution in [0, 0.1) is 0 Å². The second kappa shape index (κ2) is 4.88. The molecule has 0 radical (unpaired) electrons. The van der Waals surface area contributed by atoms with Gasteiger partial charge in [0.25, 0.3) is 0 Å². The number of halogens is 1. The third kappa shape index (κ3) is 2.76. The van der Waals surface area contributed by atoms with Crippen LogP contribution < -0.4 is 15.2 Å². The predicted molar refractivity (Wildman–Crippen MR) is 64.5 cm³/mol. The molecule has 0 aliphatic carbocycles. The molecule has 0 saturated heterocycles. The Morgan fingerprint density at radius 2 is 1.88 bits per heavy atom. The Labute approximate surface area is 103 Å². The highest BCUT2D eigenvalue weighted by atomic mass is 35.5. The fourth-order valence-electron chi connectivity index (χ4n) is 1.22. The summed E-state index contributed by atoms with van der Waals surface area (Å²) in [5.74, 6) is 1.01. The van der Waals surface area contributed by atoms with Crippen molar-refractivity contribution in [2.24, 2.45) is 0 Å². The number of benzene rings is 1. The summed E-state index contributed by atoms with van der Waals surface area (Å²) in [6, 6.07) is 5.24. The number of nitrogen functional groups attached to an aromatic ring is 1. The van der Waals surface area contributed by atoms with Gasteiger partial charge in [0, 0.05) is 11.8 Å². The van der Waals surface area contributed by atoms with Gasteiger partial charge in [-0.3, -0.25) is 0 Å². The van der Waals surface area contributed by atoms with Gasteiger partial charge in [-0.05, 0) is 12.1 Å². The zero-order chi connectivity index (χ0) is 12.3. The van der Waals surface area contributed by atoms with Crippen molar-refractivity contribution in [3.05, 3.63) is 35.6 Å². The van der Waals surface area contributed by atoms with Gasteiger partial charge in [0.1, 0.15) is 0 Å². The van der Waals surface area contributed by atoms with Gasteiger partial charge >= 0.3 is 6.01 Å². The van der Waals surface area contributed by atoms with E-state index in [2.05, 4.69) is 9.97 Å². The number of aromatic nitrogens is 2. The molecule has 0 atom stereocenters. The normalized spacial score (nSPS) is 10.0. The minimum Gasteiger partial charge on any atom is -0.493 e. The predicted octanol–water partition coefficient (Wildman–Crippen LogP) is 2.51. The van der Waals surface area contributed by atoms with Gasteiger partial charge < -0.3 is 15.2 Å². The molecule has 88 valence electrons. The van der Waals surface area contributed by atoms with E-state index < -0.39 is 0 Å². The molecule has 0 spiro atoms. The standard InChI is InChI=1S/C11H10ClN3O2/c1-16-10-4-8(13)2-3-9(10)17-11-14-5-7(12)6-15-11/h2-6H,13H2,1H3. The minimum absolute atomic E-state index is 0.192. The summed E-state index contributed by atoms with van der Waals surface area (Å²) in [6.45, 7) is 0. The summed E-state index contributed by atoms with van der Waals surface area (Å²) in [6.07, 6.45) is 2.90. The Kier molecular flexibility index (Phi) is 3.30. The molecule has 2 N–H and O–H groups in total. The monoisotopic (exact) mass is 251 g/mol. The van der Waals surface area contributed by atoms with Gasteiger partial charge in [0.15, 0.2) is 11.5 Å². The van der Waals surface area contributed by atoms with E-state index in [1.54, 1.807) is 18.2 Å². The number of anilines is 1. The highest BCUT2D eigenvalue weighted by molar-refractivity contribution is 6.30. The maximum Gasteiger partial charge on any atom is 0.322 e. The quantitative estimate of drug-likeness (QED) is 0.849. The van der Waals surface area contributed by atoms with E-state index >= 15 is 0 Å². The summed E-state index contributed by atoms with van der Waals surface area (Å²) in [5.41, 5.74) is 6.22. The van der Waals surface area contributed by atoms with Gasteiger partial charge in [0.2, 0.25) is 0 Å². The number of nitrogens with two attached hydrogens (primary N) is 1. The molecule has 0 bridgehead atoms. The molecule has 5 nitrogen and oxygen atoms in total. The largest absolute Gasteiger partial charge is 0.493 e. The summed E-state index contributed by atoms with van der Waals surface area (Å²) in [4.78, 5) is 7.84. The maximum absolute atomic E-state index is 5.67. The van der Waals surface area contributed by atoms with Gasteiger partial charge in [-0.15, -0.1) is 0 Å². The smallest absolute Gasteiger partial charge is 0.322 e. The van der Waals surface area contributed by atoms with Crippen molar-refractivity contribution in [3.8, 4) is 17.5 Å². The zero-order valence-corrected chi connectivity index (χ0v) is 9.81. The summed E-state index contributed by atoms with van der Waals surface area (Å²) in [5, 5.41) is 0.446. The molecule has 17 heavy (non-hydrogen) atoms. The molecular formula is C11H10ClN3O2. The third-order valence-corrected chi connectivity index (χ3v) is 2.18. The second-order valence-electron chi connectivity index (χ2n) is 3.20. The molecule has 0 fully saturated rings. The van der Waals surface area contributed by atoms with Crippen LogP contribution in [0.15, 0.2) is 30.6 Å². The van der Waals surface area contributed by atoms with Crippen LogP contribution in [-0.2, 0) is 0 Å². The van der Waals surface area contributed by atoms with Crippen LogP contribution >= 0.6 is 11.6 Å². The average molecular weight is 252 g/mol. The van der Waals surface area contributed by atoms with E-state index in [4.69, 9.17) is 26.8 Å². The lowest BCUT2D eigenvalue weighted by atomic mass is 10.3. The van der Waals surface area contributed by atoms with E-state index in [1.807, 2.05) is 0 Å². The first-order chi connectivity index (χ1) is 8.19. The fraction of sp³-hybridized carbons (Fsp3) is 0.0909. The molecule has 6 heteroatoms. The second-order valence-corrected chi connectivity index (χ2v) is 3.63. The molecule has 0 aliphatic rings. The molecule has 0 amide bonds. The van der Waals surface area contributed by atoms with E-state index in [-0.39, 0.29) is 6.01 Å². The van der Waals surface area contributed by atoms with Crippen molar-refractivity contribution in [1.29, 1.82) is 0 Å². The van der Waals surface area contributed by atoms with Gasteiger partial charge in [-0.1, -0.05) is 11.6 Å². The Morgan fingerprint density at radius 3 is 2.53 bits per heavy atom. The summed E-state index contributed by atoms with van der Waals surface area (Å²) < 4.78 is 10.6. The number of hydrogen-bond donors (Lipinski definition) is 1. The van der Waals surface area contributed by atoms with Gasteiger partial charge in [0.05, 0.1) is 24.5 Å². The third-order valence-electron chi connectivity index (χ3n) is 1.99. The van der Waals surface area contributed by atoms with Crippen molar-refractivity contribution in [2.45, 2.75) is 0 Å². The highest BCUT2D eigenvalue weighted by Crippen LogP contribution is 2.31. The van der Waals surface area contributed by atoms with Crippen molar-refractivity contribution in [3.63, 3.8) is 0 Å². The topological polar surface area (TPSA) is 70.3 Å². The van der Waals surface area contributed by atoms with Crippen LogP contribution in [0.4, 0.5) is 5.69 Å². The molecule has 1 heterocycles. The molecule has 0 aliphatic heterocycles. The van der Waals surface area contributed by atoms with Gasteiger partial charge in [-0.25, -0.2) is 9.97 Å². The van der Waals surface area contributed by atoms with E-state index in [0.29, 0.717) is 22.2 Å². The molecular weight excluding hydrogens is 242 g/mol. The van der Waals surface area contributed by atoms with Crippen LogP contribution in [0.5, 0.6) is 17.5 Å². The molecule has 2 rings (SSSR count). The number of hydrogen-bond acceptors (Lipinski definition) is 5. The molecule has 0 saturated carbocycles. The van der Waals surface area contributed by atoms with Crippen LogP contribution in [-0.4, -0.2) is 17.1 Å². The first-order valence-electron chi connectivity index (χ1n) is 4.78. The first-order valence-corrected chi connectivity index (χ1v) is 5.16. The molecule has 1 aromatic carbocycles. The lowest BCUT2D eigenvalue weighted by Gasteiger charge is -2.09. The molecule has 2 aromatic rings. The Balaban J connectivity index is 2.26. The lowest BCUT2D eigenvalue weighted by molar-refractivity contribution is 0.368. The fourth-order valence-corrected chi connectivity index (χ4v) is 1.32. The average Bonchev–Trinajstić information content (AvgIpc) is 2.34. The first kappa shape index (κ1) is 11.5. The Morgan fingerprint density at radius 1 is 1.18 bits per heavy atom. The van der Waals surface area contributed by atoms with Crippen LogP contribution in [0.3, 0.4) is 0 Å². The number of ether oxygens (including phenoxy) is 2. The molecule has 0 unspecified atom stereocenters. The van der Waals surface area contributed by atoms with Crippen molar-refractivity contribution >= 4 is 17.3 Å². The van der Waals surface area contributed by atoms with E-state index in [0.717, 1.165) is 0 Å². The van der Waals surface area contributed by atoms with Crippen LogP contribution in [0.2, 0.25) is 5.02 Å². The van der Waals surface area contributed by atoms with Crippen molar-refractivity contribution < 1.29 is 9.47 Å². The molecule has 1 aromatic heterocycles. The van der Waals surface area contributed by atoms with E-state index in [9.17, 15) is 0 Å². The zero-order valence-electron chi connectivity index (χ0n) is 9.05. The number of rotatable bonds is 3. The van der Waals surface area contributed by atoms with Crippen LogP contribution in [0.1, 0.15) is 0 Å². The SMILES string of the molecule is COc1cc(N)ccc1Oc1ncc(Cl)cn1. The number of methoxy groups -OCH3 is 1. The van der Waals surface area contributed by atoms with E-state index in [1.165, 1.54) is 19.5 Å². The Hall–Kier alpha value is -2.01.